The minimum Gasteiger partial charge on any atom is -0.348 e. The third-order valence-corrected chi connectivity index (χ3v) is 4.95. The molecule has 1 fully saturated rings. The molecule has 0 saturated carbocycles. The average Bonchev–Trinajstić information content (AvgIpc) is 2.68. The van der Waals surface area contributed by atoms with E-state index < -0.39 is 4.92 Å². The molecule has 1 aromatic carbocycles. The van der Waals surface area contributed by atoms with Crippen LogP contribution in [0.1, 0.15) is 26.2 Å². The number of benzene rings is 1. The zero-order valence-corrected chi connectivity index (χ0v) is 15.0. The number of nitrogens with one attached hydrogen (secondary N) is 1. The Hall–Kier alpha value is -3.29. The Balaban J connectivity index is 1.79. The van der Waals surface area contributed by atoms with Gasteiger partial charge in [0.05, 0.1) is 16.1 Å². The second-order valence-electron chi connectivity index (χ2n) is 6.70. The Morgan fingerprint density at radius 2 is 2.04 bits per heavy atom. The van der Waals surface area contributed by atoms with Gasteiger partial charge in [-0.25, -0.2) is 9.97 Å². The molecule has 1 N–H and O–H groups in total. The van der Waals surface area contributed by atoms with Crippen LogP contribution in [0.4, 0.5) is 23.0 Å². The molecule has 3 aromatic rings. The lowest BCUT2D eigenvalue weighted by Crippen LogP contribution is -2.38. The molecule has 27 heavy (non-hydrogen) atoms. The molecule has 4 rings (SSSR count). The summed E-state index contributed by atoms with van der Waals surface area (Å²) in [4.78, 5) is 26.3. The molecule has 0 aliphatic carbocycles. The molecule has 8 nitrogen and oxygen atoms in total. The van der Waals surface area contributed by atoms with Crippen LogP contribution in [0.3, 0.4) is 0 Å². The lowest BCUT2D eigenvalue weighted by molar-refractivity contribution is -0.383. The zero-order chi connectivity index (χ0) is 18.8. The first-order valence-electron chi connectivity index (χ1n) is 9.02. The summed E-state index contributed by atoms with van der Waals surface area (Å²) >= 11 is 0. The van der Waals surface area contributed by atoms with E-state index in [0.717, 1.165) is 36.7 Å². The molecule has 8 heteroatoms. The standard InChI is InChI=1S/C19H20N6O2/c1-13-6-2-3-11-24(13)19-17(25(26)27)18(21-12-22-19)23-15-9-4-7-14-8-5-10-20-16(14)15/h4-5,7-10,12-13H,2-3,6,11H2,1H3,(H,21,22,23). The van der Waals surface area contributed by atoms with Gasteiger partial charge in [-0.15, -0.1) is 0 Å². The molecule has 1 unspecified atom stereocenters. The number of rotatable bonds is 4. The van der Waals surface area contributed by atoms with E-state index in [1.165, 1.54) is 6.33 Å². The van der Waals surface area contributed by atoms with Gasteiger partial charge < -0.3 is 10.2 Å². The van der Waals surface area contributed by atoms with Crippen molar-refractivity contribution < 1.29 is 4.92 Å². The van der Waals surface area contributed by atoms with Crippen molar-refractivity contribution in [1.29, 1.82) is 0 Å². The van der Waals surface area contributed by atoms with E-state index in [1.54, 1.807) is 6.20 Å². The summed E-state index contributed by atoms with van der Waals surface area (Å²) in [6, 6.07) is 9.68. The highest BCUT2D eigenvalue weighted by Crippen LogP contribution is 2.37. The Bertz CT molecular complexity index is 988. The van der Waals surface area contributed by atoms with Gasteiger partial charge in [0.25, 0.3) is 0 Å². The van der Waals surface area contributed by atoms with E-state index in [1.807, 2.05) is 35.2 Å². The van der Waals surface area contributed by atoms with Crippen LogP contribution in [0, 0.1) is 10.1 Å². The van der Waals surface area contributed by atoms with E-state index >= 15 is 0 Å². The van der Waals surface area contributed by atoms with Crippen molar-refractivity contribution in [1.82, 2.24) is 15.0 Å². The van der Waals surface area contributed by atoms with Crippen molar-refractivity contribution in [2.24, 2.45) is 0 Å². The molecule has 0 radical (unpaired) electrons. The number of nitrogens with zero attached hydrogens (tertiary/aromatic N) is 5. The second-order valence-corrected chi connectivity index (χ2v) is 6.70. The maximum Gasteiger partial charge on any atom is 0.353 e. The van der Waals surface area contributed by atoms with Crippen LogP contribution < -0.4 is 10.2 Å². The van der Waals surface area contributed by atoms with Crippen LogP contribution in [0.25, 0.3) is 10.9 Å². The summed E-state index contributed by atoms with van der Waals surface area (Å²) in [5, 5.41) is 15.9. The molecule has 2 aromatic heterocycles. The van der Waals surface area contributed by atoms with Gasteiger partial charge in [0.2, 0.25) is 11.6 Å². The van der Waals surface area contributed by atoms with Crippen molar-refractivity contribution in [2.75, 3.05) is 16.8 Å². The minimum atomic E-state index is -0.405. The molecule has 3 heterocycles. The summed E-state index contributed by atoms with van der Waals surface area (Å²) in [5.41, 5.74) is 1.31. The number of para-hydroxylation sites is 1. The number of aromatic nitrogens is 3. The Kier molecular flexibility index (Phi) is 4.53. The van der Waals surface area contributed by atoms with Gasteiger partial charge in [-0.05, 0) is 38.3 Å². The van der Waals surface area contributed by atoms with Gasteiger partial charge in [0, 0.05) is 24.2 Å². The van der Waals surface area contributed by atoms with E-state index in [9.17, 15) is 10.1 Å². The highest BCUT2D eigenvalue weighted by Gasteiger charge is 2.31. The monoisotopic (exact) mass is 364 g/mol. The smallest absolute Gasteiger partial charge is 0.348 e. The molecule has 138 valence electrons. The van der Waals surface area contributed by atoms with Crippen molar-refractivity contribution in [3.05, 3.63) is 53.0 Å². The fourth-order valence-corrected chi connectivity index (χ4v) is 3.58. The van der Waals surface area contributed by atoms with Crippen molar-refractivity contribution in [2.45, 2.75) is 32.2 Å². The quantitative estimate of drug-likeness (QED) is 0.551. The van der Waals surface area contributed by atoms with Gasteiger partial charge in [-0.2, -0.15) is 0 Å². The number of hydrogen-bond acceptors (Lipinski definition) is 7. The number of hydrogen-bond donors (Lipinski definition) is 1. The normalized spacial score (nSPS) is 17.1. The topological polar surface area (TPSA) is 97.1 Å². The minimum absolute atomic E-state index is 0.0980. The second kappa shape index (κ2) is 7.14. The fourth-order valence-electron chi connectivity index (χ4n) is 3.58. The lowest BCUT2D eigenvalue weighted by Gasteiger charge is -2.33. The van der Waals surface area contributed by atoms with Crippen molar-refractivity contribution in [3.8, 4) is 0 Å². The highest BCUT2D eigenvalue weighted by atomic mass is 16.6. The van der Waals surface area contributed by atoms with Crippen LogP contribution in [0.15, 0.2) is 42.9 Å². The van der Waals surface area contributed by atoms with Crippen LogP contribution >= 0.6 is 0 Å². The number of piperidine rings is 1. The average molecular weight is 364 g/mol. The molecule has 1 aliphatic heterocycles. The van der Waals surface area contributed by atoms with E-state index in [-0.39, 0.29) is 17.5 Å². The van der Waals surface area contributed by atoms with Crippen molar-refractivity contribution in [3.63, 3.8) is 0 Å². The largest absolute Gasteiger partial charge is 0.353 e. The van der Waals surface area contributed by atoms with Crippen molar-refractivity contribution >= 4 is 33.9 Å². The van der Waals surface area contributed by atoms with E-state index in [0.29, 0.717) is 11.5 Å². The maximum absolute atomic E-state index is 11.9. The number of anilines is 3. The summed E-state index contributed by atoms with van der Waals surface area (Å²) in [5.74, 6) is 0.554. The number of pyridine rings is 1. The molecule has 1 saturated heterocycles. The SMILES string of the molecule is CC1CCCCN1c1ncnc(Nc2cccc3cccnc23)c1[N+](=O)[O-]. The number of nitro groups is 1. The predicted octanol–water partition coefficient (Wildman–Crippen LogP) is 4.06. The van der Waals surface area contributed by atoms with Crippen LogP contribution in [-0.2, 0) is 0 Å². The fraction of sp³-hybridized carbons (Fsp3) is 0.316. The van der Waals surface area contributed by atoms with Gasteiger partial charge in [-0.1, -0.05) is 18.2 Å². The third-order valence-electron chi connectivity index (χ3n) is 4.95. The Labute approximate surface area is 156 Å². The number of fused-ring (bicyclic) bond motifs is 1. The highest BCUT2D eigenvalue weighted by molar-refractivity contribution is 5.92. The van der Waals surface area contributed by atoms with E-state index in [2.05, 4.69) is 27.2 Å². The Morgan fingerprint density at radius 3 is 2.85 bits per heavy atom. The van der Waals surface area contributed by atoms with Gasteiger partial charge in [0.1, 0.15) is 6.33 Å². The summed E-state index contributed by atoms with van der Waals surface area (Å²) in [6.45, 7) is 2.83. The molecule has 0 amide bonds. The first-order chi connectivity index (χ1) is 13.1. The molecule has 1 aliphatic rings. The first kappa shape index (κ1) is 17.1. The molecule has 1 atom stereocenters. The lowest BCUT2D eigenvalue weighted by atomic mass is 10.0. The third kappa shape index (κ3) is 3.25. The van der Waals surface area contributed by atoms with Gasteiger partial charge in [0.15, 0.2) is 0 Å². The molecular weight excluding hydrogens is 344 g/mol. The molecule has 0 bridgehead atoms. The van der Waals surface area contributed by atoms with Crippen LogP contribution in [0.5, 0.6) is 0 Å². The Morgan fingerprint density at radius 1 is 1.19 bits per heavy atom. The predicted molar refractivity (Wildman–Crippen MR) is 104 cm³/mol. The maximum atomic E-state index is 11.9. The zero-order valence-electron chi connectivity index (χ0n) is 15.0. The summed E-state index contributed by atoms with van der Waals surface area (Å²) in [6.07, 6.45) is 6.20. The summed E-state index contributed by atoms with van der Waals surface area (Å²) < 4.78 is 0. The van der Waals surface area contributed by atoms with Crippen LogP contribution in [-0.4, -0.2) is 32.5 Å². The first-order valence-corrected chi connectivity index (χ1v) is 9.02. The summed E-state index contributed by atoms with van der Waals surface area (Å²) in [7, 11) is 0. The van der Waals surface area contributed by atoms with Crippen LogP contribution in [0.2, 0.25) is 0 Å². The van der Waals surface area contributed by atoms with Gasteiger partial charge in [-0.3, -0.25) is 15.1 Å². The van der Waals surface area contributed by atoms with E-state index in [4.69, 9.17) is 0 Å². The molecule has 0 spiro atoms. The van der Waals surface area contributed by atoms with Gasteiger partial charge >= 0.3 is 5.69 Å². The molecular formula is C19H20N6O2.